The van der Waals surface area contributed by atoms with Crippen molar-refractivity contribution in [2.45, 2.75) is 71.4 Å². The quantitative estimate of drug-likeness (QED) is 0.415. The number of carbonyl (C=O) groups excluding carboxylic acids is 2. The minimum absolute atomic E-state index is 0.0496. The van der Waals surface area contributed by atoms with E-state index in [9.17, 15) is 9.59 Å². The minimum atomic E-state index is -0.111. The molecule has 2 heterocycles. The van der Waals surface area contributed by atoms with Gasteiger partial charge in [-0.15, -0.1) is 10.2 Å². The number of unbranched alkanes of at least 4 members (excludes halogenated alkanes) is 3. The van der Waals surface area contributed by atoms with E-state index in [0.29, 0.717) is 18.2 Å². The van der Waals surface area contributed by atoms with Crippen LogP contribution in [0.25, 0.3) is 5.69 Å². The summed E-state index contributed by atoms with van der Waals surface area (Å²) in [5, 5.41) is 12.3. The molecule has 1 aromatic carbocycles. The van der Waals surface area contributed by atoms with Gasteiger partial charge in [-0.3, -0.25) is 14.2 Å². The van der Waals surface area contributed by atoms with Gasteiger partial charge >= 0.3 is 0 Å². The maximum Gasteiger partial charge on any atom is 0.233 e. The molecule has 8 heteroatoms. The number of thioether (sulfide) groups is 1. The fraction of sp³-hybridized carbons (Fsp3) is 0.600. The maximum absolute atomic E-state index is 13.0. The molecule has 1 N–H and O–H groups in total. The normalized spacial score (nSPS) is 16.1. The lowest BCUT2D eigenvalue weighted by molar-refractivity contribution is -0.133. The van der Waals surface area contributed by atoms with Gasteiger partial charge < -0.3 is 10.2 Å². The Morgan fingerprint density at radius 1 is 1.15 bits per heavy atom. The van der Waals surface area contributed by atoms with Gasteiger partial charge in [0.1, 0.15) is 5.82 Å². The molecule has 1 aromatic heterocycles. The van der Waals surface area contributed by atoms with Gasteiger partial charge in [0.05, 0.1) is 17.4 Å². The van der Waals surface area contributed by atoms with E-state index in [4.69, 9.17) is 0 Å². The van der Waals surface area contributed by atoms with Crippen LogP contribution in [0.1, 0.15) is 62.4 Å². The van der Waals surface area contributed by atoms with Crippen molar-refractivity contribution < 1.29 is 9.59 Å². The van der Waals surface area contributed by atoms with Crippen molar-refractivity contribution in [1.29, 1.82) is 0 Å². The first-order valence-electron chi connectivity index (χ1n) is 12.1. The fourth-order valence-corrected chi connectivity index (χ4v) is 5.11. The Labute approximate surface area is 201 Å². The van der Waals surface area contributed by atoms with Gasteiger partial charge in [-0.2, -0.15) is 0 Å². The number of piperidine rings is 1. The van der Waals surface area contributed by atoms with Gasteiger partial charge in [0.25, 0.3) is 0 Å². The molecule has 33 heavy (non-hydrogen) atoms. The van der Waals surface area contributed by atoms with Gasteiger partial charge in [0.15, 0.2) is 5.16 Å². The van der Waals surface area contributed by atoms with Crippen molar-refractivity contribution in [2.75, 3.05) is 25.4 Å². The van der Waals surface area contributed by atoms with Gasteiger partial charge in [0, 0.05) is 19.6 Å². The number of aromatic nitrogens is 3. The highest BCUT2D eigenvalue weighted by Crippen LogP contribution is 2.26. The number of likely N-dealkylation sites (tertiary alicyclic amines) is 1. The Bertz CT molecular complexity index is 958. The molecule has 0 saturated carbocycles. The molecule has 7 nitrogen and oxygen atoms in total. The topological polar surface area (TPSA) is 80.1 Å². The summed E-state index contributed by atoms with van der Waals surface area (Å²) in [5.41, 5.74) is 3.34. The third kappa shape index (κ3) is 6.82. The van der Waals surface area contributed by atoms with Crippen molar-refractivity contribution in [1.82, 2.24) is 25.0 Å². The molecule has 180 valence electrons. The molecule has 1 saturated heterocycles. The second-order valence-electron chi connectivity index (χ2n) is 8.97. The highest BCUT2D eigenvalue weighted by molar-refractivity contribution is 7.99. The number of hydrogen-bond acceptors (Lipinski definition) is 5. The monoisotopic (exact) mass is 471 g/mol. The van der Waals surface area contributed by atoms with Crippen LogP contribution in [-0.4, -0.2) is 56.9 Å². The molecular weight excluding hydrogens is 434 g/mol. The smallest absolute Gasteiger partial charge is 0.233 e. The van der Waals surface area contributed by atoms with Crippen molar-refractivity contribution in [3.05, 3.63) is 35.2 Å². The molecule has 0 bridgehead atoms. The summed E-state index contributed by atoms with van der Waals surface area (Å²) >= 11 is 1.41. The zero-order chi connectivity index (χ0) is 23.8. The van der Waals surface area contributed by atoms with Crippen molar-refractivity contribution in [3.8, 4) is 5.69 Å². The first kappa shape index (κ1) is 25.3. The summed E-state index contributed by atoms with van der Waals surface area (Å²) < 4.78 is 2.02. The number of nitrogens with zero attached hydrogens (tertiary/aromatic N) is 4. The highest BCUT2D eigenvalue weighted by atomic mass is 32.2. The predicted molar refractivity (Wildman–Crippen MR) is 133 cm³/mol. The summed E-state index contributed by atoms with van der Waals surface area (Å²) in [6, 6.07) is 6.29. The number of nitrogens with one attached hydrogen (secondary N) is 1. The lowest BCUT2D eigenvalue weighted by Crippen LogP contribution is -2.46. The number of hydrogen-bond donors (Lipinski definition) is 1. The van der Waals surface area contributed by atoms with Crippen LogP contribution in [0.3, 0.4) is 0 Å². The Morgan fingerprint density at radius 2 is 1.97 bits per heavy atom. The van der Waals surface area contributed by atoms with Gasteiger partial charge in [-0.25, -0.2) is 0 Å². The van der Waals surface area contributed by atoms with E-state index in [0.717, 1.165) is 49.3 Å². The summed E-state index contributed by atoms with van der Waals surface area (Å²) in [5.74, 6) is 1.11. The molecule has 1 unspecified atom stereocenters. The largest absolute Gasteiger partial charge is 0.356 e. The average molecular weight is 472 g/mol. The van der Waals surface area contributed by atoms with Gasteiger partial charge in [-0.1, -0.05) is 50.1 Å². The summed E-state index contributed by atoms with van der Waals surface area (Å²) in [6.07, 6.45) is 6.27. The molecular formula is C25H37N5O2S. The van der Waals surface area contributed by atoms with Gasteiger partial charge in [-0.05, 0) is 57.2 Å². The lowest BCUT2D eigenvalue weighted by Gasteiger charge is -2.32. The third-order valence-corrected chi connectivity index (χ3v) is 7.11. The molecule has 0 spiro atoms. The van der Waals surface area contributed by atoms with E-state index in [1.165, 1.54) is 30.2 Å². The molecule has 1 fully saturated rings. The zero-order valence-electron chi connectivity index (χ0n) is 20.4. The number of rotatable bonds is 10. The van der Waals surface area contributed by atoms with Crippen LogP contribution >= 0.6 is 11.8 Å². The minimum Gasteiger partial charge on any atom is -0.356 e. The molecule has 1 aliphatic heterocycles. The van der Waals surface area contributed by atoms with Crippen LogP contribution in [0.15, 0.2) is 23.4 Å². The third-order valence-electron chi connectivity index (χ3n) is 6.20. The molecule has 2 amide bonds. The van der Waals surface area contributed by atoms with Crippen LogP contribution < -0.4 is 5.32 Å². The summed E-state index contributed by atoms with van der Waals surface area (Å²) in [6.45, 7) is 10.2. The summed E-state index contributed by atoms with van der Waals surface area (Å²) in [7, 11) is 0. The van der Waals surface area contributed by atoms with Crippen molar-refractivity contribution >= 4 is 23.6 Å². The Hall–Kier alpha value is -2.35. The van der Waals surface area contributed by atoms with Crippen LogP contribution in [0.4, 0.5) is 0 Å². The number of benzene rings is 1. The van der Waals surface area contributed by atoms with E-state index < -0.39 is 0 Å². The Morgan fingerprint density at radius 3 is 2.76 bits per heavy atom. The van der Waals surface area contributed by atoms with Crippen molar-refractivity contribution in [2.24, 2.45) is 5.92 Å². The van der Waals surface area contributed by atoms with E-state index in [-0.39, 0.29) is 23.5 Å². The molecule has 2 aromatic rings. The summed E-state index contributed by atoms with van der Waals surface area (Å²) in [4.78, 5) is 27.4. The lowest BCUT2D eigenvalue weighted by atomic mass is 9.97. The fourth-order valence-electron chi connectivity index (χ4n) is 4.22. The van der Waals surface area contributed by atoms with Crippen LogP contribution in [0, 0.1) is 26.7 Å². The first-order chi connectivity index (χ1) is 15.9. The molecule has 3 rings (SSSR count). The van der Waals surface area contributed by atoms with Crippen molar-refractivity contribution in [3.63, 3.8) is 0 Å². The van der Waals surface area contributed by atoms with Crippen LogP contribution in [0.5, 0.6) is 0 Å². The standard InChI is InChI=1S/C25H37N5O2S/c1-5-6-7-8-13-26-24(32)21-10-9-14-29(16-21)23(31)17-33-25-28-27-20(4)30(25)22-15-18(2)11-12-19(22)3/h11-12,15,21H,5-10,13-14,16-17H2,1-4H3,(H,26,32). The molecule has 1 aliphatic rings. The second kappa shape index (κ2) is 12.2. The molecule has 0 aliphatic carbocycles. The average Bonchev–Trinajstić information content (AvgIpc) is 3.18. The first-order valence-corrected chi connectivity index (χ1v) is 13.1. The predicted octanol–water partition coefficient (Wildman–Crippen LogP) is 4.22. The molecule has 1 atom stereocenters. The van der Waals surface area contributed by atoms with E-state index in [2.05, 4.69) is 54.5 Å². The highest BCUT2D eigenvalue weighted by Gasteiger charge is 2.28. The van der Waals surface area contributed by atoms with Crippen LogP contribution in [-0.2, 0) is 9.59 Å². The number of carbonyl (C=O) groups is 2. The second-order valence-corrected chi connectivity index (χ2v) is 9.92. The maximum atomic E-state index is 13.0. The SMILES string of the molecule is CCCCCCNC(=O)C1CCCN(C(=O)CSc2nnc(C)n2-c2cc(C)ccc2C)C1. The van der Waals surface area contributed by atoms with Gasteiger partial charge in [0.2, 0.25) is 11.8 Å². The van der Waals surface area contributed by atoms with E-state index >= 15 is 0 Å². The number of amides is 2. The van der Waals surface area contributed by atoms with Crippen LogP contribution in [0.2, 0.25) is 0 Å². The molecule has 0 radical (unpaired) electrons. The number of aryl methyl sites for hydroxylation is 3. The van der Waals surface area contributed by atoms with E-state index in [1.54, 1.807) is 0 Å². The van der Waals surface area contributed by atoms with E-state index in [1.807, 2.05) is 16.4 Å². The zero-order valence-corrected chi connectivity index (χ0v) is 21.2. The Kier molecular flexibility index (Phi) is 9.35. The Balaban J connectivity index is 1.56.